The summed E-state index contributed by atoms with van der Waals surface area (Å²) in [5.41, 5.74) is 0. The quantitative estimate of drug-likeness (QED) is 0.774. The van der Waals surface area contributed by atoms with E-state index in [1.807, 2.05) is 6.92 Å². The lowest BCUT2D eigenvalue weighted by atomic mass is 10.3. The highest BCUT2D eigenvalue weighted by atomic mass is 79.9. The SMILES string of the molecule is CCCCN(C)S(=O)(=O)c1cc(Br)cnc1Cl. The first-order valence-corrected chi connectivity index (χ1v) is 7.78. The van der Waals surface area contributed by atoms with Gasteiger partial charge in [0, 0.05) is 24.3 Å². The Kier molecular flexibility index (Phi) is 5.37. The molecular weight excluding hydrogens is 328 g/mol. The molecule has 0 aromatic carbocycles. The van der Waals surface area contributed by atoms with Gasteiger partial charge in [0.25, 0.3) is 0 Å². The van der Waals surface area contributed by atoms with Crippen LogP contribution in [0.3, 0.4) is 0 Å². The smallest absolute Gasteiger partial charge is 0.242 e. The Morgan fingerprint density at radius 2 is 2.18 bits per heavy atom. The first-order valence-electron chi connectivity index (χ1n) is 5.17. The number of nitrogens with zero attached hydrogens (tertiary/aromatic N) is 2. The normalized spacial score (nSPS) is 12.1. The summed E-state index contributed by atoms with van der Waals surface area (Å²) in [7, 11) is -2.01. The van der Waals surface area contributed by atoms with Crippen LogP contribution >= 0.6 is 27.5 Å². The van der Waals surface area contributed by atoms with Crippen molar-refractivity contribution >= 4 is 37.6 Å². The molecule has 0 aliphatic carbocycles. The molecule has 1 aromatic heterocycles. The molecule has 0 unspecified atom stereocenters. The van der Waals surface area contributed by atoms with Gasteiger partial charge in [0.05, 0.1) is 0 Å². The molecule has 0 aliphatic rings. The van der Waals surface area contributed by atoms with E-state index in [1.165, 1.54) is 16.6 Å². The highest BCUT2D eigenvalue weighted by molar-refractivity contribution is 9.10. The maximum absolute atomic E-state index is 12.2. The van der Waals surface area contributed by atoms with Gasteiger partial charge in [-0.2, -0.15) is 0 Å². The summed E-state index contributed by atoms with van der Waals surface area (Å²) in [5, 5.41) is -0.00320. The van der Waals surface area contributed by atoms with E-state index in [0.717, 1.165) is 12.8 Å². The molecule has 0 saturated heterocycles. The third-order valence-corrected chi connectivity index (χ3v) is 5.01. The number of rotatable bonds is 5. The minimum atomic E-state index is -3.56. The minimum absolute atomic E-state index is 0.00320. The molecule has 1 rings (SSSR count). The largest absolute Gasteiger partial charge is 0.245 e. The van der Waals surface area contributed by atoms with Gasteiger partial charge in [-0.25, -0.2) is 17.7 Å². The zero-order valence-corrected chi connectivity index (χ0v) is 12.8. The number of hydrogen-bond donors (Lipinski definition) is 0. The monoisotopic (exact) mass is 340 g/mol. The van der Waals surface area contributed by atoms with Gasteiger partial charge in [0.2, 0.25) is 10.0 Å². The molecule has 0 radical (unpaired) electrons. The summed E-state index contributed by atoms with van der Waals surface area (Å²) in [6.45, 7) is 2.48. The molecule has 0 fully saturated rings. The van der Waals surface area contributed by atoms with Crippen LogP contribution in [0.5, 0.6) is 0 Å². The van der Waals surface area contributed by atoms with Gasteiger partial charge in [-0.1, -0.05) is 24.9 Å². The van der Waals surface area contributed by atoms with E-state index < -0.39 is 10.0 Å². The Bertz CT molecular complexity index is 493. The molecule has 0 bridgehead atoms. The van der Waals surface area contributed by atoms with Crippen LogP contribution in [0.2, 0.25) is 5.15 Å². The van der Waals surface area contributed by atoms with Crippen LogP contribution in [0, 0.1) is 0 Å². The van der Waals surface area contributed by atoms with E-state index in [4.69, 9.17) is 11.6 Å². The van der Waals surface area contributed by atoms with Crippen molar-refractivity contribution in [2.24, 2.45) is 0 Å². The highest BCUT2D eigenvalue weighted by Gasteiger charge is 2.24. The Morgan fingerprint density at radius 3 is 2.76 bits per heavy atom. The van der Waals surface area contributed by atoms with E-state index in [1.54, 1.807) is 7.05 Å². The van der Waals surface area contributed by atoms with Gasteiger partial charge in [-0.15, -0.1) is 0 Å². The maximum atomic E-state index is 12.2. The molecule has 1 heterocycles. The van der Waals surface area contributed by atoms with Crippen molar-refractivity contribution in [3.05, 3.63) is 21.9 Å². The molecule has 7 heteroatoms. The van der Waals surface area contributed by atoms with E-state index in [-0.39, 0.29) is 10.0 Å². The van der Waals surface area contributed by atoms with Crippen LogP contribution in [0.15, 0.2) is 21.6 Å². The zero-order valence-electron chi connectivity index (χ0n) is 9.65. The molecule has 0 saturated carbocycles. The lowest BCUT2D eigenvalue weighted by Crippen LogP contribution is -2.28. The molecular formula is C10H14BrClN2O2S. The van der Waals surface area contributed by atoms with Gasteiger partial charge >= 0.3 is 0 Å². The fourth-order valence-electron chi connectivity index (χ4n) is 1.25. The Hall–Kier alpha value is -0.170. The Morgan fingerprint density at radius 1 is 1.53 bits per heavy atom. The molecule has 0 amide bonds. The highest BCUT2D eigenvalue weighted by Crippen LogP contribution is 2.25. The number of hydrogen-bond acceptors (Lipinski definition) is 3. The van der Waals surface area contributed by atoms with Crippen molar-refractivity contribution in [2.45, 2.75) is 24.7 Å². The summed E-state index contributed by atoms with van der Waals surface area (Å²) in [6.07, 6.45) is 3.21. The van der Waals surface area contributed by atoms with E-state index in [0.29, 0.717) is 11.0 Å². The fraction of sp³-hybridized carbons (Fsp3) is 0.500. The van der Waals surface area contributed by atoms with Crippen molar-refractivity contribution < 1.29 is 8.42 Å². The molecule has 0 spiro atoms. The standard InChI is InChI=1S/C10H14BrClN2O2S/c1-3-4-5-14(2)17(15,16)9-6-8(11)7-13-10(9)12/h6-7H,3-5H2,1-2H3. The van der Waals surface area contributed by atoms with Crippen molar-refractivity contribution in [1.82, 2.24) is 9.29 Å². The molecule has 96 valence electrons. The molecule has 17 heavy (non-hydrogen) atoms. The second kappa shape index (κ2) is 6.13. The van der Waals surface area contributed by atoms with Gasteiger partial charge in [0.1, 0.15) is 10.0 Å². The second-order valence-electron chi connectivity index (χ2n) is 3.62. The van der Waals surface area contributed by atoms with E-state index >= 15 is 0 Å². The average molecular weight is 342 g/mol. The number of sulfonamides is 1. The van der Waals surface area contributed by atoms with Crippen molar-refractivity contribution in [2.75, 3.05) is 13.6 Å². The predicted octanol–water partition coefficient (Wildman–Crippen LogP) is 2.92. The summed E-state index contributed by atoms with van der Waals surface area (Å²) in [5.74, 6) is 0. The number of pyridine rings is 1. The van der Waals surface area contributed by atoms with E-state index in [9.17, 15) is 8.42 Å². The summed E-state index contributed by atoms with van der Waals surface area (Å²) in [4.78, 5) is 3.85. The minimum Gasteiger partial charge on any atom is -0.242 e. The number of unbranched alkanes of at least 4 members (excludes halogenated alkanes) is 1. The van der Waals surface area contributed by atoms with Crippen molar-refractivity contribution in [1.29, 1.82) is 0 Å². The van der Waals surface area contributed by atoms with Crippen LogP contribution in [-0.2, 0) is 10.0 Å². The van der Waals surface area contributed by atoms with Crippen molar-refractivity contribution in [3.63, 3.8) is 0 Å². The average Bonchev–Trinajstić information content (AvgIpc) is 2.28. The third kappa shape index (κ3) is 3.64. The lowest BCUT2D eigenvalue weighted by Gasteiger charge is -2.17. The second-order valence-corrected chi connectivity index (χ2v) is 6.91. The zero-order chi connectivity index (χ0) is 13.1. The van der Waals surface area contributed by atoms with Crippen LogP contribution in [0.4, 0.5) is 0 Å². The Balaban J connectivity index is 3.08. The van der Waals surface area contributed by atoms with Gasteiger partial charge in [0.15, 0.2) is 0 Å². The molecule has 1 aromatic rings. The lowest BCUT2D eigenvalue weighted by molar-refractivity contribution is 0.459. The molecule has 0 atom stereocenters. The molecule has 0 aliphatic heterocycles. The van der Waals surface area contributed by atoms with Gasteiger partial charge in [-0.05, 0) is 28.4 Å². The fourth-order valence-corrected chi connectivity index (χ4v) is 3.38. The van der Waals surface area contributed by atoms with Crippen LogP contribution in [-0.4, -0.2) is 31.3 Å². The topological polar surface area (TPSA) is 50.3 Å². The van der Waals surface area contributed by atoms with Crippen LogP contribution in [0.25, 0.3) is 0 Å². The Labute approximate surface area is 115 Å². The van der Waals surface area contributed by atoms with Gasteiger partial charge in [-0.3, -0.25) is 0 Å². The third-order valence-electron chi connectivity index (χ3n) is 2.29. The first-order chi connectivity index (χ1) is 7.89. The summed E-state index contributed by atoms with van der Waals surface area (Å²) >= 11 is 9.01. The van der Waals surface area contributed by atoms with Gasteiger partial charge < -0.3 is 0 Å². The van der Waals surface area contributed by atoms with Crippen LogP contribution < -0.4 is 0 Å². The summed E-state index contributed by atoms with van der Waals surface area (Å²) < 4.78 is 26.3. The molecule has 0 N–H and O–H groups in total. The number of halogens is 2. The predicted molar refractivity (Wildman–Crippen MR) is 71.7 cm³/mol. The van der Waals surface area contributed by atoms with Crippen molar-refractivity contribution in [3.8, 4) is 0 Å². The van der Waals surface area contributed by atoms with E-state index in [2.05, 4.69) is 20.9 Å². The number of aromatic nitrogens is 1. The molecule has 4 nitrogen and oxygen atoms in total. The van der Waals surface area contributed by atoms with Crippen LogP contribution in [0.1, 0.15) is 19.8 Å². The first kappa shape index (κ1) is 14.9. The maximum Gasteiger partial charge on any atom is 0.245 e. The summed E-state index contributed by atoms with van der Waals surface area (Å²) in [6, 6.07) is 1.47.